The first-order chi connectivity index (χ1) is 8.83. The van der Waals surface area contributed by atoms with E-state index in [9.17, 15) is 14.4 Å². The highest BCUT2D eigenvalue weighted by Crippen LogP contribution is 2.30. The highest BCUT2D eigenvalue weighted by Gasteiger charge is 2.41. The van der Waals surface area contributed by atoms with Gasteiger partial charge in [0.1, 0.15) is 6.26 Å². The fraction of sp³-hybridized carbons (Fsp3) is 0.417. The highest BCUT2D eigenvalue weighted by molar-refractivity contribution is 5.96. The van der Waals surface area contributed by atoms with Gasteiger partial charge in [-0.2, -0.15) is 0 Å². The lowest BCUT2D eigenvalue weighted by Crippen LogP contribution is -2.38. The Bertz CT molecular complexity index is 550. The number of amides is 2. The largest absolute Gasteiger partial charge is 0.478 e. The molecular weight excluding hydrogens is 252 g/mol. The number of likely N-dealkylation sites (tertiary alicyclic amines) is 1. The van der Waals surface area contributed by atoms with Gasteiger partial charge in [0.2, 0.25) is 5.91 Å². The second-order valence-electron chi connectivity index (χ2n) is 4.91. The minimum Gasteiger partial charge on any atom is -0.478 e. The average molecular weight is 266 g/mol. The van der Waals surface area contributed by atoms with Crippen LogP contribution in [0.1, 0.15) is 34.3 Å². The van der Waals surface area contributed by atoms with E-state index in [0.717, 1.165) is 6.26 Å². The molecule has 7 nitrogen and oxygen atoms in total. The van der Waals surface area contributed by atoms with E-state index < -0.39 is 23.2 Å². The second kappa shape index (κ2) is 4.42. The van der Waals surface area contributed by atoms with Crippen LogP contribution in [0.25, 0.3) is 0 Å². The Balaban J connectivity index is 2.13. The molecule has 1 fully saturated rings. The lowest BCUT2D eigenvalue weighted by atomic mass is 9.89. The molecule has 0 aliphatic carbocycles. The molecule has 0 aromatic carbocycles. The van der Waals surface area contributed by atoms with E-state index in [2.05, 4.69) is 0 Å². The summed E-state index contributed by atoms with van der Waals surface area (Å²) >= 11 is 0. The molecule has 1 atom stereocenters. The SMILES string of the molecule is CC1(C(N)=O)CCN(C(=O)c2cc(C(=O)O)co2)C1. The van der Waals surface area contributed by atoms with Gasteiger partial charge in [-0.05, 0) is 13.3 Å². The van der Waals surface area contributed by atoms with E-state index in [1.54, 1.807) is 6.92 Å². The third kappa shape index (κ3) is 2.31. The first-order valence-electron chi connectivity index (χ1n) is 5.74. The summed E-state index contributed by atoms with van der Waals surface area (Å²) in [5, 5.41) is 8.76. The van der Waals surface area contributed by atoms with Crippen molar-refractivity contribution < 1.29 is 23.9 Å². The second-order valence-corrected chi connectivity index (χ2v) is 4.91. The maximum Gasteiger partial charge on any atom is 0.338 e. The number of carbonyl (C=O) groups is 3. The molecule has 1 aromatic heterocycles. The van der Waals surface area contributed by atoms with Crippen molar-refractivity contribution in [2.75, 3.05) is 13.1 Å². The maximum absolute atomic E-state index is 12.1. The molecule has 7 heteroatoms. The van der Waals surface area contributed by atoms with E-state index in [1.165, 1.54) is 11.0 Å². The van der Waals surface area contributed by atoms with Gasteiger partial charge >= 0.3 is 5.97 Å². The molecule has 19 heavy (non-hydrogen) atoms. The predicted octanol–water partition coefficient (Wildman–Crippen LogP) is 0.315. The average Bonchev–Trinajstić information content (AvgIpc) is 2.95. The summed E-state index contributed by atoms with van der Waals surface area (Å²) in [7, 11) is 0. The fourth-order valence-corrected chi connectivity index (χ4v) is 2.05. The normalized spacial score (nSPS) is 22.5. The Kier molecular flexibility index (Phi) is 3.05. The van der Waals surface area contributed by atoms with Crippen molar-refractivity contribution in [2.45, 2.75) is 13.3 Å². The van der Waals surface area contributed by atoms with Gasteiger partial charge in [0.05, 0.1) is 11.0 Å². The first-order valence-corrected chi connectivity index (χ1v) is 5.74. The standard InChI is InChI=1S/C12H14N2O5/c1-12(11(13)18)2-3-14(6-12)9(15)8-4-7(5-19-8)10(16)17/h4-5H,2-3,6H2,1H3,(H2,13,18)(H,16,17). The lowest BCUT2D eigenvalue weighted by molar-refractivity contribution is -0.126. The van der Waals surface area contributed by atoms with Gasteiger partial charge < -0.3 is 20.2 Å². The third-order valence-corrected chi connectivity index (χ3v) is 3.41. The van der Waals surface area contributed by atoms with Crippen LogP contribution < -0.4 is 5.73 Å². The van der Waals surface area contributed by atoms with Gasteiger partial charge in [-0.15, -0.1) is 0 Å². The zero-order valence-electron chi connectivity index (χ0n) is 10.4. The molecule has 2 rings (SSSR count). The molecule has 2 amide bonds. The number of carboxylic acid groups (broad SMARTS) is 1. The van der Waals surface area contributed by atoms with E-state index in [1.807, 2.05) is 0 Å². The molecule has 0 bridgehead atoms. The van der Waals surface area contributed by atoms with Crippen LogP contribution >= 0.6 is 0 Å². The van der Waals surface area contributed by atoms with Crippen LogP contribution in [-0.2, 0) is 4.79 Å². The minimum absolute atomic E-state index is 0.0499. The Morgan fingerprint density at radius 1 is 1.47 bits per heavy atom. The number of furan rings is 1. The molecule has 102 valence electrons. The van der Waals surface area contributed by atoms with Crippen LogP contribution in [0.5, 0.6) is 0 Å². The molecule has 1 aliphatic heterocycles. The van der Waals surface area contributed by atoms with Gasteiger partial charge in [-0.3, -0.25) is 9.59 Å². The van der Waals surface area contributed by atoms with Gasteiger partial charge in [0, 0.05) is 19.2 Å². The molecule has 1 unspecified atom stereocenters. The number of nitrogens with zero attached hydrogens (tertiary/aromatic N) is 1. The van der Waals surface area contributed by atoms with Crippen molar-refractivity contribution in [1.82, 2.24) is 4.90 Å². The summed E-state index contributed by atoms with van der Waals surface area (Å²) in [6.07, 6.45) is 1.50. The van der Waals surface area contributed by atoms with Crippen LogP contribution in [0.2, 0.25) is 0 Å². The maximum atomic E-state index is 12.1. The number of rotatable bonds is 3. The lowest BCUT2D eigenvalue weighted by Gasteiger charge is -2.20. The van der Waals surface area contributed by atoms with Crippen LogP contribution in [-0.4, -0.2) is 40.9 Å². The number of carbonyl (C=O) groups excluding carboxylic acids is 2. The number of hydrogen-bond donors (Lipinski definition) is 2. The number of carboxylic acids is 1. The molecule has 2 heterocycles. The Morgan fingerprint density at radius 2 is 2.16 bits per heavy atom. The molecule has 3 N–H and O–H groups in total. The van der Waals surface area contributed by atoms with Gasteiger partial charge in [0.15, 0.2) is 5.76 Å². The summed E-state index contributed by atoms with van der Waals surface area (Å²) < 4.78 is 4.94. The zero-order valence-corrected chi connectivity index (χ0v) is 10.4. The number of hydrogen-bond acceptors (Lipinski definition) is 4. The minimum atomic E-state index is -1.16. The van der Waals surface area contributed by atoms with Gasteiger partial charge in [-0.1, -0.05) is 0 Å². The van der Waals surface area contributed by atoms with Crippen molar-refractivity contribution in [3.63, 3.8) is 0 Å². The number of aromatic carboxylic acids is 1. The van der Waals surface area contributed by atoms with E-state index in [4.69, 9.17) is 15.3 Å². The summed E-state index contributed by atoms with van der Waals surface area (Å²) in [5.74, 6) is -2.09. The molecule has 0 radical (unpaired) electrons. The van der Waals surface area contributed by atoms with Crippen LogP contribution in [0.15, 0.2) is 16.7 Å². The number of nitrogens with two attached hydrogens (primary N) is 1. The zero-order chi connectivity index (χ0) is 14.2. The fourth-order valence-electron chi connectivity index (χ4n) is 2.05. The van der Waals surface area contributed by atoms with Crippen LogP contribution in [0.4, 0.5) is 0 Å². The van der Waals surface area contributed by atoms with Crippen LogP contribution in [0.3, 0.4) is 0 Å². The van der Waals surface area contributed by atoms with Gasteiger partial charge in [-0.25, -0.2) is 4.79 Å². The summed E-state index contributed by atoms with van der Waals surface area (Å²) in [4.78, 5) is 35.5. The quantitative estimate of drug-likeness (QED) is 0.817. The van der Waals surface area contributed by atoms with E-state index in [0.29, 0.717) is 13.0 Å². The van der Waals surface area contributed by atoms with Crippen molar-refractivity contribution in [1.29, 1.82) is 0 Å². The van der Waals surface area contributed by atoms with Crippen LogP contribution in [0, 0.1) is 5.41 Å². The molecule has 0 saturated carbocycles. The first kappa shape index (κ1) is 13.1. The summed E-state index contributed by atoms with van der Waals surface area (Å²) in [6, 6.07) is 1.17. The molecular formula is C12H14N2O5. The summed E-state index contributed by atoms with van der Waals surface area (Å²) in [6.45, 7) is 2.30. The highest BCUT2D eigenvalue weighted by atomic mass is 16.4. The Labute approximate surface area is 109 Å². The topological polar surface area (TPSA) is 114 Å². The monoisotopic (exact) mass is 266 g/mol. The molecule has 1 aromatic rings. The Morgan fingerprint density at radius 3 is 2.63 bits per heavy atom. The van der Waals surface area contributed by atoms with E-state index >= 15 is 0 Å². The molecule has 0 spiro atoms. The van der Waals surface area contributed by atoms with Crippen molar-refractivity contribution in [2.24, 2.45) is 11.1 Å². The smallest absolute Gasteiger partial charge is 0.338 e. The number of primary amides is 1. The van der Waals surface area contributed by atoms with Crippen molar-refractivity contribution >= 4 is 17.8 Å². The van der Waals surface area contributed by atoms with E-state index in [-0.39, 0.29) is 17.9 Å². The van der Waals surface area contributed by atoms with Crippen molar-refractivity contribution in [3.05, 3.63) is 23.7 Å². The Hall–Kier alpha value is -2.31. The van der Waals surface area contributed by atoms with Gasteiger partial charge in [0.25, 0.3) is 5.91 Å². The molecule has 1 aliphatic rings. The predicted molar refractivity (Wildman–Crippen MR) is 63.5 cm³/mol. The molecule has 1 saturated heterocycles. The summed E-state index contributed by atoms with van der Waals surface area (Å²) in [5.41, 5.74) is 4.48. The third-order valence-electron chi connectivity index (χ3n) is 3.41. The van der Waals surface area contributed by atoms with Crippen molar-refractivity contribution in [3.8, 4) is 0 Å².